The molecule has 0 bridgehead atoms. The first kappa shape index (κ1) is 23.4. The van der Waals surface area contributed by atoms with Crippen LogP contribution in [0.4, 0.5) is 4.79 Å². The van der Waals surface area contributed by atoms with E-state index in [0.29, 0.717) is 50.0 Å². The van der Waals surface area contributed by atoms with Gasteiger partial charge in [-0.1, -0.05) is 5.92 Å². The van der Waals surface area contributed by atoms with E-state index in [1.54, 1.807) is 17.0 Å². The molecule has 0 atom stereocenters. The molecule has 0 unspecified atom stereocenters. The van der Waals surface area contributed by atoms with Gasteiger partial charge in [-0.15, -0.1) is 6.42 Å². The number of carbonyl (C=O) groups excluding carboxylic acids is 3. The van der Waals surface area contributed by atoms with Gasteiger partial charge in [-0.3, -0.25) is 19.3 Å². The number of rotatable bonds is 7. The number of nitrogens with zero attached hydrogens (tertiary/aromatic N) is 2. The summed E-state index contributed by atoms with van der Waals surface area (Å²) in [5.74, 6) is 2.69. The van der Waals surface area contributed by atoms with Crippen LogP contribution < -0.4 is 9.47 Å². The number of benzene rings is 1. The Labute approximate surface area is 198 Å². The number of carbonyl (C=O) groups is 3. The van der Waals surface area contributed by atoms with Gasteiger partial charge in [0.05, 0.1) is 28.3 Å². The second kappa shape index (κ2) is 10.9. The lowest BCUT2D eigenvalue weighted by Gasteiger charge is -2.28. The normalized spacial score (nSPS) is 17.8. The summed E-state index contributed by atoms with van der Waals surface area (Å²) in [6, 6.07) is 3.53. The third kappa shape index (κ3) is 5.72. The molecule has 0 radical (unpaired) electrons. The Morgan fingerprint density at radius 3 is 2.74 bits per heavy atom. The maximum atomic E-state index is 12.8. The molecule has 2 saturated heterocycles. The van der Waals surface area contributed by atoms with Gasteiger partial charge in [0, 0.05) is 13.1 Å². The monoisotopic (exact) mass is 556 g/mol. The average Bonchev–Trinajstić information content (AvgIpc) is 3.01. The van der Waals surface area contributed by atoms with Crippen molar-refractivity contribution in [1.29, 1.82) is 0 Å². The summed E-state index contributed by atoms with van der Waals surface area (Å²) in [7, 11) is 0. The number of ether oxygens (including phenoxy) is 3. The van der Waals surface area contributed by atoms with Gasteiger partial charge in [-0.25, -0.2) is 0 Å². The number of hydrogen-bond donors (Lipinski definition) is 0. The predicted octanol–water partition coefficient (Wildman–Crippen LogP) is 2.60. The average molecular weight is 556 g/mol. The third-order valence-electron chi connectivity index (χ3n) is 4.46. The molecule has 3 amide bonds. The zero-order valence-corrected chi connectivity index (χ0v) is 19.9. The van der Waals surface area contributed by atoms with Crippen molar-refractivity contribution in [2.45, 2.75) is 6.92 Å². The van der Waals surface area contributed by atoms with Crippen LogP contribution in [-0.2, 0) is 14.3 Å². The Kier molecular flexibility index (Phi) is 8.22. The van der Waals surface area contributed by atoms with Crippen molar-refractivity contribution in [1.82, 2.24) is 9.80 Å². The summed E-state index contributed by atoms with van der Waals surface area (Å²) in [6.07, 6.45) is 6.89. The molecule has 0 aliphatic carbocycles. The molecule has 0 spiro atoms. The van der Waals surface area contributed by atoms with Crippen molar-refractivity contribution in [2.75, 3.05) is 46.1 Å². The first-order chi connectivity index (χ1) is 14.9. The lowest BCUT2D eigenvalue weighted by molar-refractivity contribution is -0.139. The second-order valence-corrected chi connectivity index (χ2v) is 8.67. The maximum absolute atomic E-state index is 12.8. The van der Waals surface area contributed by atoms with Crippen molar-refractivity contribution >= 4 is 57.5 Å². The molecule has 1 aromatic carbocycles. The molecule has 0 saturated carbocycles. The van der Waals surface area contributed by atoms with Gasteiger partial charge in [-0.05, 0) is 65.0 Å². The van der Waals surface area contributed by atoms with Gasteiger partial charge in [-0.2, -0.15) is 0 Å². The molecular formula is C21H21IN2O6S. The molecule has 2 fully saturated rings. The van der Waals surface area contributed by atoms with Crippen molar-refractivity contribution in [3.63, 3.8) is 0 Å². The quantitative estimate of drug-likeness (QED) is 0.290. The SMILES string of the molecule is C#CCOc1c(I)cc(/C=C2/SC(=O)N(CC(=O)N3CCOCC3)C2=O)cc1OCC. The number of terminal acetylenes is 1. The molecule has 164 valence electrons. The summed E-state index contributed by atoms with van der Waals surface area (Å²) >= 11 is 2.91. The van der Waals surface area contributed by atoms with Crippen molar-refractivity contribution in [3.8, 4) is 23.8 Å². The highest BCUT2D eigenvalue weighted by atomic mass is 127. The van der Waals surface area contributed by atoms with Gasteiger partial charge in [0.2, 0.25) is 5.91 Å². The van der Waals surface area contributed by atoms with E-state index in [9.17, 15) is 14.4 Å². The van der Waals surface area contributed by atoms with Crippen LogP contribution in [0.1, 0.15) is 12.5 Å². The fourth-order valence-corrected chi connectivity index (χ4v) is 4.64. The van der Waals surface area contributed by atoms with Crippen molar-refractivity contribution in [2.24, 2.45) is 0 Å². The van der Waals surface area contributed by atoms with Crippen LogP contribution in [0.3, 0.4) is 0 Å². The highest BCUT2D eigenvalue weighted by Gasteiger charge is 2.37. The molecule has 10 heteroatoms. The summed E-state index contributed by atoms with van der Waals surface area (Å²) in [4.78, 5) is 40.4. The fraction of sp³-hybridized carbons (Fsp3) is 0.381. The number of imide groups is 1. The molecule has 31 heavy (non-hydrogen) atoms. The predicted molar refractivity (Wildman–Crippen MR) is 125 cm³/mol. The van der Waals surface area contributed by atoms with Crippen LogP contribution >= 0.6 is 34.4 Å². The largest absolute Gasteiger partial charge is 0.490 e. The van der Waals surface area contributed by atoms with Crippen LogP contribution in [-0.4, -0.2) is 72.9 Å². The molecule has 3 rings (SSSR count). The lowest BCUT2D eigenvalue weighted by Crippen LogP contribution is -2.46. The van der Waals surface area contributed by atoms with Gasteiger partial charge in [0.25, 0.3) is 11.1 Å². The second-order valence-electron chi connectivity index (χ2n) is 6.52. The minimum Gasteiger partial charge on any atom is -0.490 e. The van der Waals surface area contributed by atoms with Crippen molar-refractivity contribution in [3.05, 3.63) is 26.2 Å². The Balaban J connectivity index is 1.78. The number of morpholine rings is 1. The van der Waals surface area contributed by atoms with Crippen LogP contribution in [0.5, 0.6) is 11.5 Å². The molecular weight excluding hydrogens is 535 g/mol. The number of hydrogen-bond acceptors (Lipinski definition) is 7. The topological polar surface area (TPSA) is 85.4 Å². The minimum atomic E-state index is -0.489. The van der Waals surface area contributed by atoms with E-state index in [-0.39, 0.29) is 24.0 Å². The van der Waals surface area contributed by atoms with E-state index in [1.165, 1.54) is 0 Å². The van der Waals surface area contributed by atoms with E-state index in [1.807, 2.05) is 13.0 Å². The Morgan fingerprint density at radius 1 is 1.32 bits per heavy atom. The smallest absolute Gasteiger partial charge is 0.294 e. The lowest BCUT2D eigenvalue weighted by atomic mass is 10.2. The Hall–Kier alpha value is -2.23. The minimum absolute atomic E-state index is 0.103. The maximum Gasteiger partial charge on any atom is 0.294 e. The first-order valence-corrected chi connectivity index (χ1v) is 11.5. The first-order valence-electron chi connectivity index (χ1n) is 9.58. The van der Waals surface area contributed by atoms with E-state index in [0.717, 1.165) is 20.2 Å². The van der Waals surface area contributed by atoms with E-state index >= 15 is 0 Å². The zero-order chi connectivity index (χ0) is 22.4. The standard InChI is InChI=1S/C21H21IN2O6S/c1-3-7-30-19-15(22)10-14(11-16(19)29-4-2)12-17-20(26)24(21(27)31-17)13-18(25)23-5-8-28-9-6-23/h1,10-12H,4-9,13H2,2H3/b17-12+. The molecule has 2 aliphatic rings. The summed E-state index contributed by atoms with van der Waals surface area (Å²) in [5.41, 5.74) is 0.672. The van der Waals surface area contributed by atoms with Gasteiger partial charge >= 0.3 is 0 Å². The van der Waals surface area contributed by atoms with Crippen molar-refractivity contribution < 1.29 is 28.6 Å². The molecule has 0 N–H and O–H groups in total. The van der Waals surface area contributed by atoms with Crippen LogP contribution in [0.25, 0.3) is 6.08 Å². The van der Waals surface area contributed by atoms with Gasteiger partial charge in [0.1, 0.15) is 13.2 Å². The fourth-order valence-electron chi connectivity index (χ4n) is 3.02. The van der Waals surface area contributed by atoms with E-state index in [2.05, 4.69) is 28.5 Å². The third-order valence-corrected chi connectivity index (χ3v) is 6.17. The van der Waals surface area contributed by atoms with Crippen LogP contribution in [0.15, 0.2) is 17.0 Å². The molecule has 8 nitrogen and oxygen atoms in total. The highest BCUT2D eigenvalue weighted by Crippen LogP contribution is 2.37. The van der Waals surface area contributed by atoms with Gasteiger partial charge < -0.3 is 19.1 Å². The molecule has 1 aromatic rings. The van der Waals surface area contributed by atoms with E-state index < -0.39 is 11.1 Å². The number of thioether (sulfide) groups is 1. The number of amides is 3. The number of halogens is 1. The molecule has 2 heterocycles. The summed E-state index contributed by atoms with van der Waals surface area (Å²) in [6.45, 7) is 3.92. The van der Waals surface area contributed by atoms with Gasteiger partial charge in [0.15, 0.2) is 11.5 Å². The Bertz CT molecular complexity index is 952. The van der Waals surface area contributed by atoms with Crippen LogP contribution in [0.2, 0.25) is 0 Å². The summed E-state index contributed by atoms with van der Waals surface area (Å²) < 4.78 is 17.2. The van der Waals surface area contributed by atoms with E-state index in [4.69, 9.17) is 20.6 Å². The zero-order valence-electron chi connectivity index (χ0n) is 16.9. The molecule has 2 aliphatic heterocycles. The Morgan fingerprint density at radius 2 is 2.06 bits per heavy atom. The van der Waals surface area contributed by atoms with Crippen LogP contribution in [0, 0.1) is 15.9 Å². The summed E-state index contributed by atoms with van der Waals surface area (Å²) in [5, 5.41) is -0.466. The highest BCUT2D eigenvalue weighted by molar-refractivity contribution is 14.1. The molecule has 0 aromatic heterocycles.